The number of carbonyl (C=O) groups excluding carboxylic acids is 2. The molecule has 1 aromatic carbocycles. The number of alkyl halides is 3. The van der Waals surface area contributed by atoms with Gasteiger partial charge >= 0.3 is 6.18 Å². The lowest BCUT2D eigenvalue weighted by atomic mass is 10.1. The van der Waals surface area contributed by atoms with E-state index in [0.717, 1.165) is 57.0 Å². The Kier molecular flexibility index (Phi) is 8.31. The highest BCUT2D eigenvalue weighted by Gasteiger charge is 2.40. The van der Waals surface area contributed by atoms with Crippen molar-refractivity contribution >= 4 is 11.8 Å². The Labute approximate surface area is 181 Å². The van der Waals surface area contributed by atoms with Crippen molar-refractivity contribution in [1.29, 1.82) is 0 Å². The molecular formula is C22H31F3N4O2. The first-order valence-corrected chi connectivity index (χ1v) is 10.9. The minimum Gasteiger partial charge on any atom is -0.356 e. The molecule has 172 valence electrons. The number of piperazine rings is 1. The van der Waals surface area contributed by atoms with Gasteiger partial charge < -0.3 is 15.1 Å². The quantitative estimate of drug-likeness (QED) is 0.598. The third-order valence-electron chi connectivity index (χ3n) is 5.87. The summed E-state index contributed by atoms with van der Waals surface area (Å²) in [5, 5.41) is 2.77. The molecule has 0 saturated carbocycles. The molecule has 31 heavy (non-hydrogen) atoms. The molecule has 2 aliphatic heterocycles. The zero-order chi connectivity index (χ0) is 22.3. The summed E-state index contributed by atoms with van der Waals surface area (Å²) in [5.74, 6) is -1.62. The third-order valence-corrected chi connectivity index (χ3v) is 5.87. The average Bonchev–Trinajstić information content (AvgIpc) is 3.08. The van der Waals surface area contributed by atoms with Gasteiger partial charge in [-0.3, -0.25) is 14.5 Å². The van der Waals surface area contributed by atoms with E-state index in [1.165, 1.54) is 5.56 Å². The summed E-state index contributed by atoms with van der Waals surface area (Å²) in [5.41, 5.74) is 1.33. The molecule has 2 saturated heterocycles. The van der Waals surface area contributed by atoms with Gasteiger partial charge in [0.1, 0.15) is 6.54 Å². The van der Waals surface area contributed by atoms with Crippen LogP contribution in [0.2, 0.25) is 0 Å². The van der Waals surface area contributed by atoms with Crippen LogP contribution in [0.15, 0.2) is 30.3 Å². The molecule has 1 aromatic rings. The lowest BCUT2D eigenvalue weighted by Gasteiger charge is -2.34. The molecule has 2 heterocycles. The second-order valence-corrected chi connectivity index (χ2v) is 8.39. The summed E-state index contributed by atoms with van der Waals surface area (Å²) in [6.07, 6.45) is -2.82. The molecule has 0 aromatic heterocycles. The molecular weight excluding hydrogens is 409 g/mol. The van der Waals surface area contributed by atoms with Gasteiger partial charge in [0.15, 0.2) is 0 Å². The van der Waals surface area contributed by atoms with Crippen molar-refractivity contribution in [3.05, 3.63) is 35.9 Å². The summed E-state index contributed by atoms with van der Waals surface area (Å²) in [7, 11) is 0. The number of hydrogen-bond acceptors (Lipinski definition) is 4. The molecule has 2 aliphatic rings. The minimum absolute atomic E-state index is 0.144. The predicted molar refractivity (Wildman–Crippen MR) is 111 cm³/mol. The second kappa shape index (κ2) is 10.9. The van der Waals surface area contributed by atoms with Crippen LogP contribution < -0.4 is 5.32 Å². The van der Waals surface area contributed by atoms with Gasteiger partial charge in [0.05, 0.1) is 5.92 Å². The smallest absolute Gasteiger partial charge is 0.356 e. The van der Waals surface area contributed by atoms with Crippen LogP contribution in [0.3, 0.4) is 0 Å². The number of hydrogen-bond donors (Lipinski definition) is 1. The molecule has 0 aliphatic carbocycles. The van der Waals surface area contributed by atoms with Crippen molar-refractivity contribution in [1.82, 2.24) is 20.0 Å². The number of unbranched alkanes of at least 4 members (excludes halogenated alkanes) is 1. The largest absolute Gasteiger partial charge is 0.406 e. The predicted octanol–water partition coefficient (Wildman–Crippen LogP) is 2.11. The van der Waals surface area contributed by atoms with Crippen LogP contribution in [0.1, 0.15) is 24.8 Å². The van der Waals surface area contributed by atoms with E-state index in [1.54, 1.807) is 0 Å². The summed E-state index contributed by atoms with van der Waals surface area (Å²) in [6, 6.07) is 10.5. The zero-order valence-corrected chi connectivity index (χ0v) is 17.7. The molecule has 3 rings (SSSR count). The van der Waals surface area contributed by atoms with E-state index in [2.05, 4.69) is 39.4 Å². The van der Waals surface area contributed by atoms with Gasteiger partial charge in [-0.1, -0.05) is 30.3 Å². The number of nitrogens with one attached hydrogen (secondary N) is 1. The van der Waals surface area contributed by atoms with Gasteiger partial charge in [0, 0.05) is 52.2 Å². The van der Waals surface area contributed by atoms with Crippen LogP contribution in [0.25, 0.3) is 0 Å². The van der Waals surface area contributed by atoms with Crippen molar-refractivity contribution in [2.45, 2.75) is 32.0 Å². The van der Waals surface area contributed by atoms with E-state index < -0.39 is 24.5 Å². The SMILES string of the molecule is O=C(NCCCCN1CCN(Cc2ccccc2)CC1)C1CC(=O)N(CC(F)(F)F)C1. The lowest BCUT2D eigenvalue weighted by molar-refractivity contribution is -0.157. The first kappa shape index (κ1) is 23.5. The van der Waals surface area contributed by atoms with Crippen LogP contribution in [0.5, 0.6) is 0 Å². The van der Waals surface area contributed by atoms with Gasteiger partial charge in [-0.15, -0.1) is 0 Å². The second-order valence-electron chi connectivity index (χ2n) is 8.39. The number of halogens is 3. The van der Waals surface area contributed by atoms with Gasteiger partial charge in [0.2, 0.25) is 11.8 Å². The monoisotopic (exact) mass is 440 g/mol. The van der Waals surface area contributed by atoms with Gasteiger partial charge in [-0.05, 0) is 24.9 Å². The Morgan fingerprint density at radius 1 is 1.03 bits per heavy atom. The molecule has 0 bridgehead atoms. The number of amides is 2. The molecule has 2 amide bonds. The molecule has 6 nitrogen and oxygen atoms in total. The Morgan fingerprint density at radius 3 is 2.39 bits per heavy atom. The highest BCUT2D eigenvalue weighted by molar-refractivity contribution is 5.89. The van der Waals surface area contributed by atoms with E-state index >= 15 is 0 Å². The fourth-order valence-electron chi connectivity index (χ4n) is 4.15. The topological polar surface area (TPSA) is 55.9 Å². The maximum Gasteiger partial charge on any atom is 0.406 e. The molecule has 0 radical (unpaired) electrons. The Balaban J connectivity index is 1.25. The fourth-order valence-corrected chi connectivity index (χ4v) is 4.15. The normalized spacial score (nSPS) is 20.9. The standard InChI is InChI=1S/C22H31F3N4O2/c23-22(24,25)17-29-16-19(14-20(29)30)21(31)26-8-4-5-9-27-10-12-28(13-11-27)15-18-6-2-1-3-7-18/h1-3,6-7,19H,4-5,8-17H2,(H,26,31). The zero-order valence-electron chi connectivity index (χ0n) is 17.7. The highest BCUT2D eigenvalue weighted by Crippen LogP contribution is 2.23. The average molecular weight is 441 g/mol. The number of benzene rings is 1. The minimum atomic E-state index is -4.44. The van der Waals surface area contributed by atoms with Crippen molar-refractivity contribution in [3.8, 4) is 0 Å². The molecule has 1 atom stereocenters. The van der Waals surface area contributed by atoms with Gasteiger partial charge in [0.25, 0.3) is 0 Å². The lowest BCUT2D eigenvalue weighted by Crippen LogP contribution is -2.46. The molecule has 2 fully saturated rings. The van der Waals surface area contributed by atoms with E-state index in [-0.39, 0.29) is 18.9 Å². The molecule has 1 N–H and O–H groups in total. The molecule has 9 heteroatoms. The maximum atomic E-state index is 12.5. The van der Waals surface area contributed by atoms with E-state index in [9.17, 15) is 22.8 Å². The van der Waals surface area contributed by atoms with Crippen LogP contribution in [-0.4, -0.2) is 85.0 Å². The van der Waals surface area contributed by atoms with Crippen molar-refractivity contribution in [3.63, 3.8) is 0 Å². The van der Waals surface area contributed by atoms with Crippen LogP contribution in [-0.2, 0) is 16.1 Å². The Hall–Kier alpha value is -2.13. The van der Waals surface area contributed by atoms with Crippen molar-refractivity contribution < 1.29 is 22.8 Å². The van der Waals surface area contributed by atoms with Crippen molar-refractivity contribution in [2.24, 2.45) is 5.92 Å². The number of rotatable bonds is 9. The van der Waals surface area contributed by atoms with Gasteiger partial charge in [-0.2, -0.15) is 13.2 Å². The number of likely N-dealkylation sites (tertiary alicyclic amines) is 1. The van der Waals surface area contributed by atoms with E-state index in [4.69, 9.17) is 0 Å². The van der Waals surface area contributed by atoms with Crippen LogP contribution in [0.4, 0.5) is 13.2 Å². The first-order valence-electron chi connectivity index (χ1n) is 10.9. The van der Waals surface area contributed by atoms with E-state index in [0.29, 0.717) is 6.54 Å². The van der Waals surface area contributed by atoms with Crippen molar-refractivity contribution in [2.75, 3.05) is 52.4 Å². The number of carbonyl (C=O) groups is 2. The van der Waals surface area contributed by atoms with Crippen LogP contribution >= 0.6 is 0 Å². The Morgan fingerprint density at radius 2 is 1.71 bits per heavy atom. The van der Waals surface area contributed by atoms with Gasteiger partial charge in [-0.25, -0.2) is 0 Å². The summed E-state index contributed by atoms with van der Waals surface area (Å²) in [6.45, 7) is 5.12. The molecule has 1 unspecified atom stereocenters. The molecule has 0 spiro atoms. The van der Waals surface area contributed by atoms with Crippen LogP contribution in [0, 0.1) is 5.92 Å². The van der Waals surface area contributed by atoms with E-state index in [1.807, 2.05) is 6.07 Å². The third kappa shape index (κ3) is 7.81. The number of nitrogens with zero attached hydrogens (tertiary/aromatic N) is 3. The fraction of sp³-hybridized carbons (Fsp3) is 0.636. The summed E-state index contributed by atoms with van der Waals surface area (Å²) >= 11 is 0. The highest BCUT2D eigenvalue weighted by atomic mass is 19.4. The summed E-state index contributed by atoms with van der Waals surface area (Å²) in [4.78, 5) is 29.5. The Bertz CT molecular complexity index is 721. The maximum absolute atomic E-state index is 12.5. The first-order chi connectivity index (χ1) is 14.8. The summed E-state index contributed by atoms with van der Waals surface area (Å²) < 4.78 is 37.4.